The molecule has 0 saturated heterocycles. The van der Waals surface area contributed by atoms with Gasteiger partial charge in [-0.15, -0.1) is 0 Å². The van der Waals surface area contributed by atoms with E-state index in [-0.39, 0.29) is 18.3 Å². The van der Waals surface area contributed by atoms with E-state index in [1.54, 1.807) is 27.7 Å². The number of amides is 10. The number of hydrogen-bond donors (Lipinski definition) is 15. The number of aliphatic carboxylic acids is 1. The van der Waals surface area contributed by atoms with Crippen molar-refractivity contribution in [1.82, 2.24) is 47.9 Å². The molecule has 0 unspecified atom stereocenters. The monoisotopic (exact) mass is 847 g/mol. The SMILES string of the molecule is CC(C)C[C@H](NC(=O)[C@H](CO)NC(=O)[C@H](CO)NC(=O)CNC(=O)CNC(=O)[C@H](CC(N)=O)NC(=O)CNC(=O)[C@H](C)NC(=O)[C@H](CO)NC(=O)[C@@H](N)C(C)C)C(=O)O. The van der Waals surface area contributed by atoms with Crippen LogP contribution >= 0.6 is 0 Å². The van der Waals surface area contributed by atoms with Gasteiger partial charge in [0.25, 0.3) is 0 Å². The summed E-state index contributed by atoms with van der Waals surface area (Å²) in [7, 11) is 0. The van der Waals surface area contributed by atoms with Gasteiger partial charge in [0.1, 0.15) is 36.3 Å². The Hall–Kier alpha value is -5.99. The number of aliphatic hydroxyl groups is 3. The van der Waals surface area contributed by atoms with E-state index in [9.17, 15) is 73.2 Å². The van der Waals surface area contributed by atoms with Crippen molar-refractivity contribution in [1.29, 1.82) is 0 Å². The first-order valence-corrected chi connectivity index (χ1v) is 18.2. The van der Waals surface area contributed by atoms with Crippen LogP contribution in [0.2, 0.25) is 0 Å². The van der Waals surface area contributed by atoms with Gasteiger partial charge in [-0.3, -0.25) is 47.9 Å². The van der Waals surface area contributed by atoms with E-state index in [4.69, 9.17) is 11.5 Å². The highest BCUT2D eigenvalue weighted by atomic mass is 16.4. The van der Waals surface area contributed by atoms with E-state index in [1.165, 1.54) is 6.92 Å². The Morgan fingerprint density at radius 3 is 1.36 bits per heavy atom. The lowest BCUT2D eigenvalue weighted by atomic mass is 10.0. The predicted octanol–water partition coefficient (Wildman–Crippen LogP) is -8.77. The van der Waals surface area contributed by atoms with Crippen LogP contribution in [0.15, 0.2) is 0 Å². The number of carboxylic acid groups (broad SMARTS) is 1. The van der Waals surface area contributed by atoms with Gasteiger partial charge in [0.2, 0.25) is 59.1 Å². The smallest absolute Gasteiger partial charge is 0.326 e. The van der Waals surface area contributed by atoms with Gasteiger partial charge < -0.3 is 79.7 Å². The molecule has 0 aliphatic rings. The molecule has 7 atom stereocenters. The number of nitrogens with two attached hydrogens (primary N) is 2. The highest BCUT2D eigenvalue weighted by Crippen LogP contribution is 2.05. The molecule has 0 saturated carbocycles. The highest BCUT2D eigenvalue weighted by molar-refractivity contribution is 5.97. The van der Waals surface area contributed by atoms with E-state index < -0.39 is 153 Å². The van der Waals surface area contributed by atoms with Gasteiger partial charge in [-0.2, -0.15) is 0 Å². The molecule has 0 spiro atoms. The highest BCUT2D eigenvalue weighted by Gasteiger charge is 2.31. The van der Waals surface area contributed by atoms with Gasteiger partial charge in [0.05, 0.1) is 51.9 Å². The van der Waals surface area contributed by atoms with Crippen LogP contribution in [0.25, 0.3) is 0 Å². The van der Waals surface area contributed by atoms with Crippen LogP contribution in [-0.4, -0.2) is 167 Å². The second kappa shape index (κ2) is 26.8. The fraction of sp³-hybridized carbons (Fsp3) is 0.667. The van der Waals surface area contributed by atoms with E-state index >= 15 is 0 Å². The summed E-state index contributed by atoms with van der Waals surface area (Å²) in [6.45, 7) is 2.81. The Bertz CT molecular complexity index is 1530. The maximum Gasteiger partial charge on any atom is 0.326 e. The number of primary amides is 1. The summed E-state index contributed by atoms with van der Waals surface area (Å²) >= 11 is 0. The molecule has 0 aliphatic heterocycles. The molecule has 0 bridgehead atoms. The third kappa shape index (κ3) is 20.8. The molecule has 26 heteroatoms. The van der Waals surface area contributed by atoms with Crippen LogP contribution in [0.1, 0.15) is 47.5 Å². The van der Waals surface area contributed by atoms with Crippen LogP contribution in [0.4, 0.5) is 0 Å². The van der Waals surface area contributed by atoms with Crippen molar-refractivity contribution < 1.29 is 73.2 Å². The molecule has 334 valence electrons. The fourth-order valence-electron chi connectivity index (χ4n) is 4.52. The van der Waals surface area contributed by atoms with Crippen molar-refractivity contribution in [2.75, 3.05) is 39.5 Å². The normalized spacial score (nSPS) is 14.4. The van der Waals surface area contributed by atoms with Gasteiger partial charge in [-0.05, 0) is 25.2 Å². The molecule has 59 heavy (non-hydrogen) atoms. The lowest BCUT2D eigenvalue weighted by Crippen LogP contribution is -2.58. The first kappa shape index (κ1) is 53.0. The van der Waals surface area contributed by atoms with Gasteiger partial charge in [0.15, 0.2) is 0 Å². The minimum absolute atomic E-state index is 0.0450. The molecule has 0 fully saturated rings. The number of aliphatic hydroxyl groups excluding tert-OH is 3. The molecule has 0 aromatic rings. The van der Waals surface area contributed by atoms with Crippen LogP contribution in [0.5, 0.6) is 0 Å². The standard InChI is InChI=1S/C33H57N11O15/c1-14(2)6-18(33(58)59)42-31(56)21(13-47)43-30(55)19(11-45)41-24(50)9-36-23(49)8-38-28(53)17(7-22(34)48)40-25(51)10-37-27(52)16(5)39-29(54)20(12-46)44-32(57)26(35)15(3)4/h14-21,26,45-47H,6-13,35H2,1-5H3,(H2,34,48)(H,36,49)(H,37,52)(H,38,53)(H,39,54)(H,40,51)(H,41,50)(H,42,56)(H,43,55)(H,44,57)(H,58,59)/t16-,17-,18-,19-,20-,21-,26-/m0/s1. The number of carbonyl (C=O) groups excluding carboxylic acids is 10. The van der Waals surface area contributed by atoms with E-state index in [0.29, 0.717) is 0 Å². The van der Waals surface area contributed by atoms with E-state index in [0.717, 1.165) is 0 Å². The number of rotatable bonds is 27. The summed E-state index contributed by atoms with van der Waals surface area (Å²) < 4.78 is 0. The number of hydrogen-bond acceptors (Lipinski definition) is 15. The molecule has 0 radical (unpaired) electrons. The Kier molecular flexibility index (Phi) is 24.1. The molecule has 0 aliphatic carbocycles. The van der Waals surface area contributed by atoms with Gasteiger partial charge in [0, 0.05) is 0 Å². The zero-order valence-corrected chi connectivity index (χ0v) is 33.3. The van der Waals surface area contributed by atoms with Crippen molar-refractivity contribution in [2.45, 2.75) is 89.8 Å². The maximum absolute atomic E-state index is 12.7. The average molecular weight is 848 g/mol. The molecule has 17 N–H and O–H groups in total. The van der Waals surface area contributed by atoms with Crippen LogP contribution in [0.3, 0.4) is 0 Å². The lowest BCUT2D eigenvalue weighted by molar-refractivity contribution is -0.143. The van der Waals surface area contributed by atoms with Crippen LogP contribution < -0.4 is 59.3 Å². The van der Waals surface area contributed by atoms with Crippen molar-refractivity contribution in [3.63, 3.8) is 0 Å². The Labute approximate surface area is 338 Å². The molecular weight excluding hydrogens is 790 g/mol. The zero-order chi connectivity index (χ0) is 45.6. The third-order valence-electron chi connectivity index (χ3n) is 7.91. The summed E-state index contributed by atoms with van der Waals surface area (Å²) in [5.41, 5.74) is 10.9. The van der Waals surface area contributed by atoms with Gasteiger partial charge in [-0.25, -0.2) is 4.79 Å². The van der Waals surface area contributed by atoms with Gasteiger partial charge >= 0.3 is 5.97 Å². The second-order valence-corrected chi connectivity index (χ2v) is 13.8. The Morgan fingerprint density at radius 1 is 0.492 bits per heavy atom. The molecule has 0 heterocycles. The van der Waals surface area contributed by atoms with Crippen molar-refractivity contribution >= 4 is 65.0 Å². The van der Waals surface area contributed by atoms with Crippen molar-refractivity contribution in [3.8, 4) is 0 Å². The van der Waals surface area contributed by atoms with E-state index in [2.05, 4.69) is 47.9 Å². The molecule has 10 amide bonds. The Morgan fingerprint density at radius 2 is 0.898 bits per heavy atom. The summed E-state index contributed by atoms with van der Waals surface area (Å²) in [5, 5.41) is 57.4. The Balaban J connectivity index is 5.06. The van der Waals surface area contributed by atoms with Gasteiger partial charge in [-0.1, -0.05) is 27.7 Å². The molecule has 0 aromatic carbocycles. The lowest BCUT2D eigenvalue weighted by Gasteiger charge is -2.23. The average Bonchev–Trinajstić information content (AvgIpc) is 3.16. The van der Waals surface area contributed by atoms with Crippen molar-refractivity contribution in [2.24, 2.45) is 23.3 Å². The molecule has 0 rings (SSSR count). The minimum atomic E-state index is -1.69. The molecule has 26 nitrogen and oxygen atoms in total. The summed E-state index contributed by atoms with van der Waals surface area (Å²) in [5.74, 6) is -11.6. The summed E-state index contributed by atoms with van der Waals surface area (Å²) in [6, 6.07) is -10.0. The second-order valence-electron chi connectivity index (χ2n) is 13.8. The number of carboxylic acids is 1. The zero-order valence-electron chi connectivity index (χ0n) is 33.3. The molecule has 0 aromatic heterocycles. The minimum Gasteiger partial charge on any atom is -0.480 e. The number of carbonyl (C=O) groups is 11. The molecular formula is C33H57N11O15. The van der Waals surface area contributed by atoms with E-state index in [1.807, 2.05) is 0 Å². The largest absolute Gasteiger partial charge is 0.480 e. The third-order valence-corrected chi connectivity index (χ3v) is 7.91. The summed E-state index contributed by atoms with van der Waals surface area (Å²) in [6.07, 6.45) is -0.707. The quantitative estimate of drug-likeness (QED) is 0.0365. The first-order valence-electron chi connectivity index (χ1n) is 18.2. The predicted molar refractivity (Wildman–Crippen MR) is 201 cm³/mol. The van der Waals surface area contributed by atoms with Crippen molar-refractivity contribution in [3.05, 3.63) is 0 Å². The number of nitrogens with one attached hydrogen (secondary N) is 9. The first-order chi connectivity index (χ1) is 27.5. The fourth-order valence-corrected chi connectivity index (χ4v) is 4.52. The summed E-state index contributed by atoms with van der Waals surface area (Å²) in [4.78, 5) is 135. The topological polar surface area (TPSA) is 429 Å². The maximum atomic E-state index is 12.7. The van der Waals surface area contributed by atoms with Crippen LogP contribution in [-0.2, 0) is 52.7 Å². The van der Waals surface area contributed by atoms with Crippen LogP contribution in [0, 0.1) is 11.8 Å².